The third-order valence-corrected chi connectivity index (χ3v) is 4.59. The van der Waals surface area contributed by atoms with E-state index >= 15 is 0 Å². The standard InChI is InChI=1S/C15H21NO3S/c1-12-2-4-13(5-3-12)10-16(14-6-7-14)15(18)11-20(19)9-8-17/h2-5,14,17H,6-11H2,1H3. The predicted molar refractivity (Wildman–Crippen MR) is 79.7 cm³/mol. The summed E-state index contributed by atoms with van der Waals surface area (Å²) < 4.78 is 11.6. The zero-order chi connectivity index (χ0) is 14.5. The minimum Gasteiger partial charge on any atom is -0.395 e. The molecular weight excluding hydrogens is 274 g/mol. The quantitative estimate of drug-likeness (QED) is 0.823. The summed E-state index contributed by atoms with van der Waals surface area (Å²) in [6.07, 6.45) is 2.06. The summed E-state index contributed by atoms with van der Waals surface area (Å²) in [5, 5.41) is 8.75. The summed E-state index contributed by atoms with van der Waals surface area (Å²) in [6.45, 7) is 2.48. The first-order valence-corrected chi connectivity index (χ1v) is 8.40. The van der Waals surface area contributed by atoms with E-state index in [4.69, 9.17) is 5.11 Å². The number of hydrogen-bond donors (Lipinski definition) is 1. The van der Waals surface area contributed by atoms with E-state index < -0.39 is 10.8 Å². The van der Waals surface area contributed by atoms with Crippen molar-refractivity contribution in [2.45, 2.75) is 32.4 Å². The molecule has 5 heteroatoms. The van der Waals surface area contributed by atoms with Crippen LogP contribution in [0.5, 0.6) is 0 Å². The van der Waals surface area contributed by atoms with Crippen molar-refractivity contribution < 1.29 is 14.1 Å². The Morgan fingerprint density at radius 1 is 1.35 bits per heavy atom. The molecule has 1 saturated carbocycles. The summed E-state index contributed by atoms with van der Waals surface area (Å²) in [6, 6.07) is 8.43. The number of amides is 1. The maximum Gasteiger partial charge on any atom is 0.235 e. The Balaban J connectivity index is 1.98. The average molecular weight is 295 g/mol. The van der Waals surface area contributed by atoms with E-state index in [2.05, 4.69) is 0 Å². The van der Waals surface area contributed by atoms with Crippen LogP contribution in [-0.2, 0) is 22.1 Å². The van der Waals surface area contributed by atoms with E-state index in [0.717, 1.165) is 18.4 Å². The van der Waals surface area contributed by atoms with Crippen molar-refractivity contribution in [3.8, 4) is 0 Å². The van der Waals surface area contributed by atoms with Crippen LogP contribution in [0, 0.1) is 6.92 Å². The van der Waals surface area contributed by atoms with E-state index in [1.165, 1.54) is 5.56 Å². The second kappa shape index (κ2) is 6.99. The highest BCUT2D eigenvalue weighted by atomic mass is 32.2. The smallest absolute Gasteiger partial charge is 0.235 e. The molecule has 0 aliphatic heterocycles. The van der Waals surface area contributed by atoms with Crippen LogP contribution in [0.15, 0.2) is 24.3 Å². The van der Waals surface area contributed by atoms with Gasteiger partial charge in [-0.2, -0.15) is 0 Å². The van der Waals surface area contributed by atoms with Crippen LogP contribution in [0.1, 0.15) is 24.0 Å². The van der Waals surface area contributed by atoms with Crippen LogP contribution < -0.4 is 0 Å². The fourth-order valence-corrected chi connectivity index (χ4v) is 2.88. The molecule has 0 aromatic heterocycles. The van der Waals surface area contributed by atoms with Gasteiger partial charge in [-0.3, -0.25) is 9.00 Å². The lowest BCUT2D eigenvalue weighted by atomic mass is 10.1. The lowest BCUT2D eigenvalue weighted by Crippen LogP contribution is -2.36. The summed E-state index contributed by atoms with van der Waals surface area (Å²) in [5.74, 6) is 0.123. The molecule has 20 heavy (non-hydrogen) atoms. The lowest BCUT2D eigenvalue weighted by molar-refractivity contribution is -0.129. The Morgan fingerprint density at radius 2 is 2.00 bits per heavy atom. The van der Waals surface area contributed by atoms with Gasteiger partial charge in [-0.05, 0) is 25.3 Å². The highest BCUT2D eigenvalue weighted by Crippen LogP contribution is 2.28. The summed E-state index contributed by atoms with van der Waals surface area (Å²) in [4.78, 5) is 14.1. The van der Waals surface area contributed by atoms with Gasteiger partial charge in [0.1, 0.15) is 5.75 Å². The van der Waals surface area contributed by atoms with E-state index in [0.29, 0.717) is 12.6 Å². The van der Waals surface area contributed by atoms with E-state index in [-0.39, 0.29) is 24.0 Å². The molecule has 1 atom stereocenters. The molecule has 4 nitrogen and oxygen atoms in total. The lowest BCUT2D eigenvalue weighted by Gasteiger charge is -2.22. The minimum absolute atomic E-state index is 0.0168. The Bertz CT molecular complexity index is 482. The number of hydrogen-bond acceptors (Lipinski definition) is 3. The molecule has 1 aliphatic rings. The number of benzene rings is 1. The molecule has 0 bridgehead atoms. The van der Waals surface area contributed by atoms with E-state index in [1.807, 2.05) is 36.1 Å². The van der Waals surface area contributed by atoms with E-state index in [1.54, 1.807) is 0 Å². The number of aliphatic hydroxyl groups is 1. The van der Waals surface area contributed by atoms with Crippen molar-refractivity contribution in [2.75, 3.05) is 18.1 Å². The first kappa shape index (κ1) is 15.2. The summed E-state index contributed by atoms with van der Waals surface area (Å²) in [7, 11) is -1.26. The first-order chi connectivity index (χ1) is 9.60. The highest BCUT2D eigenvalue weighted by Gasteiger charge is 2.32. The van der Waals surface area contributed by atoms with Crippen LogP contribution in [0.4, 0.5) is 0 Å². The fourth-order valence-electron chi connectivity index (χ4n) is 2.09. The molecule has 1 N–H and O–H groups in total. The summed E-state index contributed by atoms with van der Waals surface area (Å²) >= 11 is 0. The van der Waals surface area contributed by atoms with Gasteiger partial charge in [0.2, 0.25) is 5.91 Å². The largest absolute Gasteiger partial charge is 0.395 e. The highest BCUT2D eigenvalue weighted by molar-refractivity contribution is 7.85. The van der Waals surface area contributed by atoms with Gasteiger partial charge in [-0.15, -0.1) is 0 Å². The van der Waals surface area contributed by atoms with Crippen molar-refractivity contribution in [1.82, 2.24) is 4.90 Å². The third kappa shape index (κ3) is 4.42. The molecule has 1 unspecified atom stereocenters. The third-order valence-electron chi connectivity index (χ3n) is 3.38. The molecule has 0 saturated heterocycles. The van der Waals surface area contributed by atoms with Gasteiger partial charge < -0.3 is 10.0 Å². The van der Waals surface area contributed by atoms with Crippen LogP contribution in [0.25, 0.3) is 0 Å². The van der Waals surface area contributed by atoms with Crippen molar-refractivity contribution in [3.63, 3.8) is 0 Å². The van der Waals surface area contributed by atoms with Crippen molar-refractivity contribution in [2.24, 2.45) is 0 Å². The maximum atomic E-state index is 12.2. The minimum atomic E-state index is -1.26. The number of aryl methyl sites for hydroxylation is 1. The molecule has 0 heterocycles. The van der Waals surface area contributed by atoms with Crippen LogP contribution in [-0.4, -0.2) is 44.3 Å². The van der Waals surface area contributed by atoms with E-state index in [9.17, 15) is 9.00 Å². The zero-order valence-electron chi connectivity index (χ0n) is 11.7. The molecule has 2 rings (SSSR count). The molecule has 1 amide bonds. The molecule has 1 aromatic rings. The Kier molecular flexibility index (Phi) is 5.31. The molecule has 1 aliphatic carbocycles. The zero-order valence-corrected chi connectivity index (χ0v) is 12.6. The monoisotopic (exact) mass is 295 g/mol. The number of aliphatic hydroxyl groups excluding tert-OH is 1. The molecule has 1 fully saturated rings. The van der Waals surface area contributed by atoms with Crippen molar-refractivity contribution in [1.29, 1.82) is 0 Å². The number of carbonyl (C=O) groups excluding carboxylic acids is 1. The SMILES string of the molecule is Cc1ccc(CN(C(=O)CS(=O)CCO)C2CC2)cc1. The fraction of sp³-hybridized carbons (Fsp3) is 0.533. The molecule has 110 valence electrons. The van der Waals surface area contributed by atoms with Gasteiger partial charge in [0.05, 0.1) is 6.61 Å². The van der Waals surface area contributed by atoms with Gasteiger partial charge in [-0.1, -0.05) is 29.8 Å². The van der Waals surface area contributed by atoms with Gasteiger partial charge >= 0.3 is 0 Å². The molecule has 0 spiro atoms. The normalized spacial score (nSPS) is 15.9. The molecule has 1 aromatic carbocycles. The second-order valence-corrected chi connectivity index (χ2v) is 6.83. The van der Waals surface area contributed by atoms with Crippen LogP contribution >= 0.6 is 0 Å². The molecular formula is C15H21NO3S. The number of carbonyl (C=O) groups is 1. The van der Waals surface area contributed by atoms with Crippen LogP contribution in [0.2, 0.25) is 0 Å². The molecule has 0 radical (unpaired) electrons. The van der Waals surface area contributed by atoms with Crippen LogP contribution in [0.3, 0.4) is 0 Å². The predicted octanol–water partition coefficient (Wildman–Crippen LogP) is 1.23. The van der Waals surface area contributed by atoms with Crippen molar-refractivity contribution >= 4 is 16.7 Å². The van der Waals surface area contributed by atoms with Crippen molar-refractivity contribution in [3.05, 3.63) is 35.4 Å². The number of nitrogens with zero attached hydrogens (tertiary/aromatic N) is 1. The first-order valence-electron chi connectivity index (χ1n) is 6.91. The maximum absolute atomic E-state index is 12.2. The second-order valence-electron chi connectivity index (χ2n) is 5.25. The average Bonchev–Trinajstić information content (AvgIpc) is 3.22. The van der Waals surface area contributed by atoms with Gasteiger partial charge in [-0.25, -0.2) is 0 Å². The van der Waals surface area contributed by atoms with Gasteiger partial charge in [0.25, 0.3) is 0 Å². The van der Waals surface area contributed by atoms with Gasteiger partial charge in [0.15, 0.2) is 0 Å². The Hall–Kier alpha value is -1.20. The Labute approximate surface area is 122 Å². The number of rotatable bonds is 7. The summed E-state index contributed by atoms with van der Waals surface area (Å²) in [5.41, 5.74) is 2.30. The Morgan fingerprint density at radius 3 is 2.55 bits per heavy atom. The van der Waals surface area contributed by atoms with Gasteiger partial charge in [0, 0.05) is 29.1 Å². The topological polar surface area (TPSA) is 57.6 Å².